The summed E-state index contributed by atoms with van der Waals surface area (Å²) in [5.74, 6) is 0.135. The predicted octanol–water partition coefficient (Wildman–Crippen LogP) is 6.51. The van der Waals surface area contributed by atoms with E-state index in [-0.39, 0.29) is 11.3 Å². The Morgan fingerprint density at radius 3 is 1.66 bits per heavy atom. The summed E-state index contributed by atoms with van der Waals surface area (Å²) in [6.07, 6.45) is 1.93. The quantitative estimate of drug-likeness (QED) is 0.306. The number of aromatic nitrogens is 1. The number of rotatable bonds is 7. The highest BCUT2D eigenvalue weighted by atomic mass is 31.1. The lowest BCUT2D eigenvalue weighted by Crippen LogP contribution is -2.44. The summed E-state index contributed by atoms with van der Waals surface area (Å²) < 4.78 is 0. The van der Waals surface area contributed by atoms with E-state index in [1.807, 2.05) is 12.3 Å². The van der Waals surface area contributed by atoms with Crippen molar-refractivity contribution in [3.05, 3.63) is 127 Å². The highest BCUT2D eigenvalue weighted by Crippen LogP contribution is 2.53. The van der Waals surface area contributed by atoms with E-state index in [0.717, 1.165) is 12.2 Å². The zero-order chi connectivity index (χ0) is 22.4. The van der Waals surface area contributed by atoms with Gasteiger partial charge in [0, 0.05) is 18.3 Å². The van der Waals surface area contributed by atoms with Crippen molar-refractivity contribution in [1.29, 1.82) is 0 Å². The molecule has 1 unspecified atom stereocenters. The molecule has 0 saturated carbocycles. The molecule has 4 aromatic rings. The smallest absolute Gasteiger partial charge is 0.0811 e. The first-order valence-corrected chi connectivity index (χ1v) is 12.6. The van der Waals surface area contributed by atoms with Crippen LogP contribution < -0.4 is 10.6 Å². The molecule has 2 nitrogen and oxygen atoms in total. The van der Waals surface area contributed by atoms with E-state index in [9.17, 15) is 0 Å². The van der Waals surface area contributed by atoms with Crippen molar-refractivity contribution in [2.24, 2.45) is 0 Å². The van der Waals surface area contributed by atoms with Gasteiger partial charge >= 0.3 is 0 Å². The Hall–Kier alpha value is -2.80. The number of pyridine rings is 1. The van der Waals surface area contributed by atoms with Crippen molar-refractivity contribution in [3.63, 3.8) is 0 Å². The van der Waals surface area contributed by atoms with Crippen LogP contribution in [0.5, 0.6) is 0 Å². The fraction of sp³-hybridized carbons (Fsp3) is 0.207. The Morgan fingerprint density at radius 1 is 0.688 bits per heavy atom. The number of nitrogens with zero attached hydrogens (tertiary/aromatic N) is 2. The molecule has 0 saturated heterocycles. The van der Waals surface area contributed by atoms with Crippen LogP contribution in [-0.2, 0) is 6.54 Å². The first-order chi connectivity index (χ1) is 15.5. The lowest BCUT2D eigenvalue weighted by atomic mass is 10.0. The summed E-state index contributed by atoms with van der Waals surface area (Å²) in [6.45, 7) is 7.81. The minimum atomic E-state index is -0.727. The molecule has 0 radical (unpaired) electrons. The molecular formula is C29H31N2P. The minimum absolute atomic E-state index is 0.0534. The van der Waals surface area contributed by atoms with Crippen LogP contribution in [0.15, 0.2) is 115 Å². The van der Waals surface area contributed by atoms with Gasteiger partial charge in [0.05, 0.1) is 11.5 Å². The van der Waals surface area contributed by atoms with Gasteiger partial charge in [-0.1, -0.05) is 97.1 Å². The lowest BCUT2D eigenvalue weighted by molar-refractivity contribution is 0.110. The van der Waals surface area contributed by atoms with Gasteiger partial charge in [-0.25, -0.2) is 0 Å². The molecule has 4 rings (SSSR count). The van der Waals surface area contributed by atoms with E-state index in [4.69, 9.17) is 4.98 Å². The van der Waals surface area contributed by atoms with E-state index in [0.29, 0.717) is 0 Å². The van der Waals surface area contributed by atoms with Gasteiger partial charge in [-0.2, -0.15) is 0 Å². The SMILES string of the molecule is CC(C)(C)N(Cc1ccccc1)C(c1ccccn1)P(c1ccccc1)c1ccccc1. The molecular weight excluding hydrogens is 407 g/mol. The van der Waals surface area contributed by atoms with Crippen LogP contribution in [0.2, 0.25) is 0 Å². The normalized spacial score (nSPS) is 12.8. The first kappa shape index (κ1) is 22.4. The van der Waals surface area contributed by atoms with E-state index in [1.165, 1.54) is 16.2 Å². The third kappa shape index (κ3) is 5.33. The van der Waals surface area contributed by atoms with E-state index in [2.05, 4.69) is 129 Å². The third-order valence-corrected chi connectivity index (χ3v) is 8.36. The van der Waals surface area contributed by atoms with E-state index in [1.54, 1.807) is 0 Å². The molecule has 3 aromatic carbocycles. The minimum Gasteiger partial charge on any atom is -0.281 e. The van der Waals surface area contributed by atoms with Gasteiger partial charge in [-0.05, 0) is 57.0 Å². The van der Waals surface area contributed by atoms with Gasteiger partial charge in [0.15, 0.2) is 0 Å². The Balaban J connectivity index is 1.91. The molecule has 0 amide bonds. The van der Waals surface area contributed by atoms with Crippen molar-refractivity contribution >= 4 is 18.5 Å². The summed E-state index contributed by atoms with van der Waals surface area (Å²) in [5, 5.41) is 2.73. The van der Waals surface area contributed by atoms with Crippen LogP contribution in [0.25, 0.3) is 0 Å². The molecule has 1 atom stereocenters. The maximum Gasteiger partial charge on any atom is 0.0811 e. The van der Waals surface area contributed by atoms with Crippen LogP contribution in [-0.4, -0.2) is 15.4 Å². The second-order valence-electron chi connectivity index (χ2n) is 8.95. The Labute approximate surface area is 193 Å². The molecule has 0 spiro atoms. The zero-order valence-electron chi connectivity index (χ0n) is 19.1. The highest BCUT2D eigenvalue weighted by molar-refractivity contribution is 7.73. The van der Waals surface area contributed by atoms with Crippen LogP contribution in [0.4, 0.5) is 0 Å². The first-order valence-electron chi connectivity index (χ1n) is 11.1. The van der Waals surface area contributed by atoms with Gasteiger partial charge in [0.1, 0.15) is 0 Å². The molecule has 162 valence electrons. The van der Waals surface area contributed by atoms with Crippen LogP contribution in [0, 0.1) is 0 Å². The van der Waals surface area contributed by atoms with Gasteiger partial charge in [0.25, 0.3) is 0 Å². The van der Waals surface area contributed by atoms with Gasteiger partial charge < -0.3 is 0 Å². The second-order valence-corrected chi connectivity index (χ2v) is 11.2. The second kappa shape index (κ2) is 10.2. The van der Waals surface area contributed by atoms with Gasteiger partial charge in [-0.3, -0.25) is 9.88 Å². The molecule has 3 heteroatoms. The molecule has 0 bridgehead atoms. The lowest BCUT2D eigenvalue weighted by Gasteiger charge is -2.45. The topological polar surface area (TPSA) is 16.1 Å². The zero-order valence-corrected chi connectivity index (χ0v) is 20.0. The largest absolute Gasteiger partial charge is 0.281 e. The van der Waals surface area contributed by atoms with Crippen molar-refractivity contribution in [2.45, 2.75) is 38.6 Å². The Kier molecular flexibility index (Phi) is 7.15. The number of benzene rings is 3. The van der Waals surface area contributed by atoms with Crippen molar-refractivity contribution in [1.82, 2.24) is 9.88 Å². The average molecular weight is 439 g/mol. The number of hydrogen-bond donors (Lipinski definition) is 0. The number of hydrogen-bond acceptors (Lipinski definition) is 2. The Bertz CT molecular complexity index is 1040. The monoisotopic (exact) mass is 438 g/mol. The molecule has 1 heterocycles. The average Bonchev–Trinajstić information content (AvgIpc) is 2.83. The molecule has 0 N–H and O–H groups in total. The van der Waals surface area contributed by atoms with Crippen molar-refractivity contribution < 1.29 is 0 Å². The van der Waals surface area contributed by atoms with E-state index >= 15 is 0 Å². The van der Waals surface area contributed by atoms with Crippen LogP contribution in [0.3, 0.4) is 0 Å². The summed E-state index contributed by atoms with van der Waals surface area (Å²) in [6, 6.07) is 39.0. The Morgan fingerprint density at radius 2 is 1.19 bits per heavy atom. The third-order valence-electron chi connectivity index (χ3n) is 5.62. The van der Waals surface area contributed by atoms with E-state index < -0.39 is 7.92 Å². The van der Waals surface area contributed by atoms with Crippen molar-refractivity contribution in [3.8, 4) is 0 Å². The molecule has 32 heavy (non-hydrogen) atoms. The summed E-state index contributed by atoms with van der Waals surface area (Å²) >= 11 is 0. The fourth-order valence-electron chi connectivity index (χ4n) is 4.04. The molecule has 0 aliphatic heterocycles. The van der Waals surface area contributed by atoms with Gasteiger partial charge in [-0.15, -0.1) is 0 Å². The predicted molar refractivity (Wildman–Crippen MR) is 138 cm³/mol. The summed E-state index contributed by atoms with van der Waals surface area (Å²) in [7, 11) is -0.727. The van der Waals surface area contributed by atoms with Crippen LogP contribution >= 0.6 is 7.92 Å². The summed E-state index contributed by atoms with van der Waals surface area (Å²) in [5.41, 5.74) is 2.39. The maximum atomic E-state index is 4.90. The molecule has 0 aliphatic carbocycles. The molecule has 1 aromatic heterocycles. The van der Waals surface area contributed by atoms with Crippen molar-refractivity contribution in [2.75, 3.05) is 0 Å². The maximum absolute atomic E-state index is 4.90. The standard InChI is InChI=1S/C29H31N2P/c1-29(2,3)31(23-24-15-7-4-8-16-24)28(27-21-13-14-22-30-27)32(25-17-9-5-10-18-25)26-19-11-6-12-20-26/h4-22,28H,23H2,1-3H3. The highest BCUT2D eigenvalue weighted by Gasteiger charge is 2.37. The fourth-order valence-corrected chi connectivity index (χ4v) is 7.01. The van der Waals surface area contributed by atoms with Crippen LogP contribution in [0.1, 0.15) is 37.8 Å². The van der Waals surface area contributed by atoms with Gasteiger partial charge in [0.2, 0.25) is 0 Å². The summed E-state index contributed by atoms with van der Waals surface area (Å²) in [4.78, 5) is 7.54. The molecule has 0 aliphatic rings. The molecule has 0 fully saturated rings.